The first-order chi connectivity index (χ1) is 4.86. The zero-order valence-corrected chi connectivity index (χ0v) is 7.83. The molecule has 0 amide bonds. The minimum Gasteiger partial charge on any atom is -0.309 e. The summed E-state index contributed by atoms with van der Waals surface area (Å²) in [7, 11) is 0. The van der Waals surface area contributed by atoms with E-state index >= 15 is 0 Å². The summed E-state index contributed by atoms with van der Waals surface area (Å²) in [5.74, 6) is 0. The van der Waals surface area contributed by atoms with Gasteiger partial charge in [-0.15, -0.1) is 11.3 Å². The van der Waals surface area contributed by atoms with E-state index in [1.54, 1.807) is 0 Å². The van der Waals surface area contributed by atoms with Crippen LogP contribution in [0.4, 0.5) is 0 Å². The third kappa shape index (κ3) is 1.13. The number of hydrogen-bond donors (Lipinski definition) is 1. The van der Waals surface area contributed by atoms with Crippen LogP contribution in [0.5, 0.6) is 0 Å². The zero-order chi connectivity index (χ0) is 6.97. The van der Waals surface area contributed by atoms with Crippen molar-refractivity contribution < 1.29 is 0 Å². The van der Waals surface area contributed by atoms with E-state index in [-0.39, 0.29) is 0 Å². The molecule has 1 fully saturated rings. The van der Waals surface area contributed by atoms with Gasteiger partial charge in [0.2, 0.25) is 0 Å². The van der Waals surface area contributed by atoms with Crippen LogP contribution in [0.25, 0.3) is 0 Å². The summed E-state index contributed by atoms with van der Waals surface area (Å²) in [6, 6.07) is 2.85. The standard InChI is InChI=1S/C7H8BrNS/c8-5-3-7(10-4-5)6-1-2-9-6/h3-4,6,9H,1-2H2. The molecule has 1 saturated heterocycles. The van der Waals surface area contributed by atoms with Crippen LogP contribution in [0.2, 0.25) is 0 Å². The van der Waals surface area contributed by atoms with Gasteiger partial charge in [0.25, 0.3) is 0 Å². The van der Waals surface area contributed by atoms with E-state index in [4.69, 9.17) is 0 Å². The molecule has 1 nitrogen and oxygen atoms in total. The Morgan fingerprint density at radius 3 is 2.90 bits per heavy atom. The maximum absolute atomic E-state index is 3.44. The van der Waals surface area contributed by atoms with E-state index in [0.717, 1.165) is 0 Å². The Morgan fingerprint density at radius 1 is 1.70 bits per heavy atom. The summed E-state index contributed by atoms with van der Waals surface area (Å²) >= 11 is 5.26. The average molecular weight is 218 g/mol. The maximum Gasteiger partial charge on any atom is 0.0427 e. The van der Waals surface area contributed by atoms with Crippen molar-refractivity contribution in [2.24, 2.45) is 0 Å². The molecule has 0 saturated carbocycles. The Balaban J connectivity index is 2.17. The van der Waals surface area contributed by atoms with E-state index in [2.05, 4.69) is 32.7 Å². The Hall–Kier alpha value is 0.140. The van der Waals surface area contributed by atoms with Gasteiger partial charge < -0.3 is 5.32 Å². The summed E-state index contributed by atoms with van der Waals surface area (Å²) in [5.41, 5.74) is 0. The summed E-state index contributed by atoms with van der Waals surface area (Å²) < 4.78 is 1.21. The molecule has 1 aromatic rings. The molecule has 0 aromatic carbocycles. The van der Waals surface area contributed by atoms with Gasteiger partial charge in [-0.3, -0.25) is 0 Å². The van der Waals surface area contributed by atoms with E-state index in [9.17, 15) is 0 Å². The molecular weight excluding hydrogens is 210 g/mol. The lowest BCUT2D eigenvalue weighted by Crippen LogP contribution is -2.34. The van der Waals surface area contributed by atoms with E-state index in [1.807, 2.05) is 11.3 Å². The first kappa shape index (κ1) is 6.83. The van der Waals surface area contributed by atoms with Gasteiger partial charge in [0.05, 0.1) is 0 Å². The Labute approximate surface area is 72.6 Å². The zero-order valence-electron chi connectivity index (χ0n) is 5.43. The van der Waals surface area contributed by atoms with Crippen LogP contribution in [0, 0.1) is 0 Å². The molecule has 1 atom stereocenters. The van der Waals surface area contributed by atoms with Crippen LogP contribution >= 0.6 is 27.3 Å². The van der Waals surface area contributed by atoms with Crippen LogP contribution in [-0.2, 0) is 0 Å². The van der Waals surface area contributed by atoms with Crippen LogP contribution in [0.15, 0.2) is 15.9 Å². The second kappa shape index (κ2) is 2.64. The Kier molecular flexibility index (Phi) is 1.80. The molecule has 3 heteroatoms. The molecule has 2 rings (SSSR count). The molecule has 0 bridgehead atoms. The van der Waals surface area contributed by atoms with Gasteiger partial charge in [-0.2, -0.15) is 0 Å². The minimum absolute atomic E-state index is 0.649. The third-order valence-corrected chi connectivity index (χ3v) is 3.56. The Morgan fingerprint density at radius 2 is 2.50 bits per heavy atom. The summed E-state index contributed by atoms with van der Waals surface area (Å²) in [5, 5.41) is 5.50. The first-order valence-electron chi connectivity index (χ1n) is 3.33. The summed E-state index contributed by atoms with van der Waals surface area (Å²) in [6.45, 7) is 1.18. The summed E-state index contributed by atoms with van der Waals surface area (Å²) in [6.07, 6.45) is 1.30. The molecule has 1 aliphatic heterocycles. The molecule has 1 N–H and O–H groups in total. The highest BCUT2D eigenvalue weighted by molar-refractivity contribution is 9.10. The lowest BCUT2D eigenvalue weighted by Gasteiger charge is -2.26. The minimum atomic E-state index is 0.649. The van der Waals surface area contributed by atoms with Gasteiger partial charge in [-0.1, -0.05) is 0 Å². The largest absolute Gasteiger partial charge is 0.309 e. The molecule has 0 radical (unpaired) electrons. The quantitative estimate of drug-likeness (QED) is 0.763. The molecule has 54 valence electrons. The van der Waals surface area contributed by atoms with Crippen molar-refractivity contribution in [3.8, 4) is 0 Å². The maximum atomic E-state index is 3.44. The van der Waals surface area contributed by atoms with Crippen LogP contribution in [0.1, 0.15) is 17.3 Å². The molecule has 1 aromatic heterocycles. The van der Waals surface area contributed by atoms with Gasteiger partial charge in [0, 0.05) is 20.8 Å². The van der Waals surface area contributed by atoms with E-state index in [0.29, 0.717) is 6.04 Å². The number of nitrogens with one attached hydrogen (secondary N) is 1. The van der Waals surface area contributed by atoms with Crippen molar-refractivity contribution >= 4 is 27.3 Å². The van der Waals surface area contributed by atoms with E-state index < -0.39 is 0 Å². The predicted octanol–water partition coefficient (Wildman–Crippen LogP) is 2.54. The first-order valence-corrected chi connectivity index (χ1v) is 5.01. The fraction of sp³-hybridized carbons (Fsp3) is 0.429. The second-order valence-electron chi connectivity index (χ2n) is 2.46. The van der Waals surface area contributed by atoms with Gasteiger partial charge in [-0.05, 0) is 35.0 Å². The molecule has 0 aliphatic carbocycles. The molecule has 10 heavy (non-hydrogen) atoms. The molecule has 0 spiro atoms. The average Bonchev–Trinajstić information content (AvgIpc) is 2.10. The van der Waals surface area contributed by atoms with Gasteiger partial charge in [-0.25, -0.2) is 0 Å². The van der Waals surface area contributed by atoms with Crippen molar-refractivity contribution in [1.82, 2.24) is 5.32 Å². The second-order valence-corrected chi connectivity index (χ2v) is 4.32. The van der Waals surface area contributed by atoms with Gasteiger partial charge >= 0.3 is 0 Å². The predicted molar refractivity (Wildman–Crippen MR) is 47.4 cm³/mol. The molecule has 1 aliphatic rings. The highest BCUT2D eigenvalue weighted by Gasteiger charge is 2.19. The molecule has 1 unspecified atom stereocenters. The van der Waals surface area contributed by atoms with Gasteiger partial charge in [0.1, 0.15) is 0 Å². The monoisotopic (exact) mass is 217 g/mol. The number of hydrogen-bond acceptors (Lipinski definition) is 2. The normalized spacial score (nSPS) is 24.3. The Bertz CT molecular complexity index is 229. The smallest absolute Gasteiger partial charge is 0.0427 e. The molecular formula is C7H8BrNS. The number of thiophene rings is 1. The lowest BCUT2D eigenvalue weighted by atomic mass is 10.1. The lowest BCUT2D eigenvalue weighted by molar-refractivity contribution is 0.389. The van der Waals surface area contributed by atoms with Crippen molar-refractivity contribution in [3.63, 3.8) is 0 Å². The van der Waals surface area contributed by atoms with Crippen molar-refractivity contribution in [2.75, 3.05) is 6.54 Å². The third-order valence-electron chi connectivity index (χ3n) is 1.75. The number of halogens is 1. The van der Waals surface area contributed by atoms with Gasteiger partial charge in [0.15, 0.2) is 0 Å². The summed E-state index contributed by atoms with van der Waals surface area (Å²) in [4.78, 5) is 1.46. The van der Waals surface area contributed by atoms with Crippen LogP contribution < -0.4 is 5.32 Å². The highest BCUT2D eigenvalue weighted by Crippen LogP contribution is 2.30. The topological polar surface area (TPSA) is 12.0 Å². The van der Waals surface area contributed by atoms with Crippen LogP contribution in [-0.4, -0.2) is 6.54 Å². The van der Waals surface area contributed by atoms with Crippen LogP contribution in [0.3, 0.4) is 0 Å². The van der Waals surface area contributed by atoms with Crippen molar-refractivity contribution in [3.05, 3.63) is 20.8 Å². The highest BCUT2D eigenvalue weighted by atomic mass is 79.9. The van der Waals surface area contributed by atoms with Crippen molar-refractivity contribution in [2.45, 2.75) is 12.5 Å². The fourth-order valence-electron chi connectivity index (χ4n) is 1.04. The number of rotatable bonds is 1. The fourth-order valence-corrected chi connectivity index (χ4v) is 2.60. The SMILES string of the molecule is Brc1csc(C2CCN2)c1. The van der Waals surface area contributed by atoms with E-state index in [1.165, 1.54) is 22.3 Å². The van der Waals surface area contributed by atoms with Crippen molar-refractivity contribution in [1.29, 1.82) is 0 Å². The molecule has 2 heterocycles.